The van der Waals surface area contributed by atoms with Crippen LogP contribution < -0.4 is 0 Å². The Kier molecular flexibility index (Phi) is 3.52. The number of rotatable bonds is 4. The second-order valence-corrected chi connectivity index (χ2v) is 4.98. The molecular weight excluding hydrogens is 248 g/mol. The number of hydrogen-bond donors (Lipinski definition) is 1. The summed E-state index contributed by atoms with van der Waals surface area (Å²) in [5.74, 6) is 0. The molecule has 0 aliphatic carbocycles. The Labute approximate surface area is 102 Å². The minimum absolute atomic E-state index is 0.559. The van der Waals surface area contributed by atoms with E-state index >= 15 is 0 Å². The van der Waals surface area contributed by atoms with Gasteiger partial charge in [-0.15, -0.1) is 16.4 Å². The van der Waals surface area contributed by atoms with E-state index in [2.05, 4.69) is 15.3 Å². The summed E-state index contributed by atoms with van der Waals surface area (Å²) < 4.78 is 2.24. The molecule has 5 nitrogen and oxygen atoms in total. The second kappa shape index (κ2) is 4.90. The fourth-order valence-electron chi connectivity index (χ4n) is 1.38. The van der Waals surface area contributed by atoms with Crippen LogP contribution in [0.25, 0.3) is 0 Å². The standard InChI is InChI=1S/C9H11ClN4OS/c1-2-3-14-6(4-12-13-14)8(15)9-11-5-7(10)16-9/h4-5,8,15H,2-3H2,1H3. The Balaban J connectivity index is 2.26. The largest absolute Gasteiger partial charge is 0.379 e. The van der Waals surface area contributed by atoms with Crippen LogP contribution in [0.15, 0.2) is 12.4 Å². The molecular formula is C9H11ClN4OS. The average Bonchev–Trinajstić information content (AvgIpc) is 2.87. The molecule has 16 heavy (non-hydrogen) atoms. The van der Waals surface area contributed by atoms with Crippen molar-refractivity contribution in [2.24, 2.45) is 0 Å². The van der Waals surface area contributed by atoms with Gasteiger partial charge in [-0.2, -0.15) is 0 Å². The van der Waals surface area contributed by atoms with Crippen LogP contribution >= 0.6 is 22.9 Å². The number of thiazole rings is 1. The third-order valence-corrected chi connectivity index (χ3v) is 3.26. The van der Waals surface area contributed by atoms with Gasteiger partial charge in [0.2, 0.25) is 0 Å². The van der Waals surface area contributed by atoms with Gasteiger partial charge in [0.05, 0.1) is 18.1 Å². The summed E-state index contributed by atoms with van der Waals surface area (Å²) in [6, 6.07) is 0. The molecule has 2 aromatic heterocycles. The van der Waals surface area contributed by atoms with Crippen LogP contribution in [-0.4, -0.2) is 25.1 Å². The number of hydrogen-bond acceptors (Lipinski definition) is 5. The number of nitrogens with zero attached hydrogens (tertiary/aromatic N) is 4. The molecule has 0 amide bonds. The van der Waals surface area contributed by atoms with E-state index in [0.717, 1.165) is 13.0 Å². The lowest BCUT2D eigenvalue weighted by molar-refractivity contribution is 0.207. The molecule has 2 rings (SSSR count). The van der Waals surface area contributed by atoms with Gasteiger partial charge in [0.15, 0.2) is 0 Å². The molecule has 0 spiro atoms. The van der Waals surface area contributed by atoms with Gasteiger partial charge in [0.1, 0.15) is 15.4 Å². The van der Waals surface area contributed by atoms with Crippen LogP contribution in [0, 0.1) is 0 Å². The predicted octanol–water partition coefficient (Wildman–Crippen LogP) is 1.88. The molecule has 0 fully saturated rings. The maximum atomic E-state index is 10.1. The van der Waals surface area contributed by atoms with E-state index in [1.54, 1.807) is 10.9 Å². The van der Waals surface area contributed by atoms with Crippen LogP contribution in [0.2, 0.25) is 4.34 Å². The normalized spacial score (nSPS) is 12.9. The summed E-state index contributed by atoms with van der Waals surface area (Å²) in [5, 5.41) is 18.4. The van der Waals surface area contributed by atoms with Crippen molar-refractivity contribution in [1.29, 1.82) is 0 Å². The second-order valence-electron chi connectivity index (χ2n) is 3.29. The number of aliphatic hydroxyl groups excluding tert-OH is 1. The summed E-state index contributed by atoms with van der Waals surface area (Å²) in [6.45, 7) is 2.77. The van der Waals surface area contributed by atoms with Gasteiger partial charge in [-0.3, -0.25) is 0 Å². The minimum atomic E-state index is -0.806. The highest BCUT2D eigenvalue weighted by Gasteiger charge is 2.19. The van der Waals surface area contributed by atoms with Crippen molar-refractivity contribution in [1.82, 2.24) is 20.0 Å². The molecule has 0 saturated carbocycles. The highest BCUT2D eigenvalue weighted by atomic mass is 35.5. The lowest BCUT2D eigenvalue weighted by Crippen LogP contribution is -2.09. The van der Waals surface area contributed by atoms with Crippen molar-refractivity contribution < 1.29 is 5.11 Å². The van der Waals surface area contributed by atoms with Crippen LogP contribution in [0.5, 0.6) is 0 Å². The number of aliphatic hydroxyl groups is 1. The van der Waals surface area contributed by atoms with Gasteiger partial charge in [-0.05, 0) is 6.42 Å². The van der Waals surface area contributed by atoms with Gasteiger partial charge < -0.3 is 5.11 Å². The Morgan fingerprint density at radius 3 is 3.00 bits per heavy atom. The average molecular weight is 259 g/mol. The molecule has 0 aliphatic heterocycles. The number of aromatic nitrogens is 4. The highest BCUT2D eigenvalue weighted by molar-refractivity contribution is 7.15. The first-order valence-corrected chi connectivity index (χ1v) is 6.09. The van der Waals surface area contributed by atoms with E-state index in [0.29, 0.717) is 15.0 Å². The molecule has 2 aromatic rings. The van der Waals surface area contributed by atoms with Gasteiger partial charge in [-0.25, -0.2) is 9.67 Å². The summed E-state index contributed by atoms with van der Waals surface area (Å²) in [7, 11) is 0. The summed E-state index contributed by atoms with van der Waals surface area (Å²) in [6.07, 6.45) is 3.20. The van der Waals surface area contributed by atoms with Crippen molar-refractivity contribution in [3.8, 4) is 0 Å². The fourth-order valence-corrected chi connectivity index (χ4v) is 2.31. The van der Waals surface area contributed by atoms with Crippen molar-refractivity contribution in [3.05, 3.63) is 27.4 Å². The molecule has 1 unspecified atom stereocenters. The Bertz CT molecular complexity index is 470. The molecule has 7 heteroatoms. The topological polar surface area (TPSA) is 63.8 Å². The zero-order chi connectivity index (χ0) is 11.5. The molecule has 0 saturated heterocycles. The smallest absolute Gasteiger partial charge is 0.149 e. The van der Waals surface area contributed by atoms with Gasteiger partial charge in [-0.1, -0.05) is 23.7 Å². The summed E-state index contributed by atoms with van der Waals surface area (Å²) in [5.41, 5.74) is 0.646. The fraction of sp³-hybridized carbons (Fsp3) is 0.444. The van der Waals surface area contributed by atoms with Crippen LogP contribution in [-0.2, 0) is 6.54 Å². The van der Waals surface area contributed by atoms with E-state index in [4.69, 9.17) is 11.6 Å². The van der Waals surface area contributed by atoms with Gasteiger partial charge >= 0.3 is 0 Å². The van der Waals surface area contributed by atoms with Crippen LogP contribution in [0.4, 0.5) is 0 Å². The SMILES string of the molecule is CCCn1nncc1C(O)c1ncc(Cl)s1. The zero-order valence-corrected chi connectivity index (χ0v) is 10.2. The first kappa shape index (κ1) is 11.5. The van der Waals surface area contributed by atoms with Gasteiger partial charge in [0, 0.05) is 6.54 Å². The Hall–Kier alpha value is -0.980. The molecule has 1 atom stereocenters. The van der Waals surface area contributed by atoms with Crippen molar-refractivity contribution >= 4 is 22.9 Å². The van der Waals surface area contributed by atoms with E-state index in [-0.39, 0.29) is 0 Å². The Morgan fingerprint density at radius 1 is 1.56 bits per heavy atom. The van der Waals surface area contributed by atoms with E-state index < -0.39 is 6.10 Å². The maximum absolute atomic E-state index is 10.1. The van der Waals surface area contributed by atoms with E-state index in [9.17, 15) is 5.11 Å². The van der Waals surface area contributed by atoms with E-state index in [1.165, 1.54) is 17.5 Å². The van der Waals surface area contributed by atoms with Crippen molar-refractivity contribution in [3.63, 3.8) is 0 Å². The van der Waals surface area contributed by atoms with Gasteiger partial charge in [0.25, 0.3) is 0 Å². The molecule has 0 aliphatic rings. The lowest BCUT2D eigenvalue weighted by atomic mass is 10.3. The van der Waals surface area contributed by atoms with Crippen LogP contribution in [0.3, 0.4) is 0 Å². The monoisotopic (exact) mass is 258 g/mol. The quantitative estimate of drug-likeness (QED) is 0.910. The van der Waals surface area contributed by atoms with E-state index in [1.807, 2.05) is 6.92 Å². The maximum Gasteiger partial charge on any atom is 0.149 e. The predicted molar refractivity (Wildman–Crippen MR) is 61.5 cm³/mol. The first-order valence-electron chi connectivity index (χ1n) is 4.90. The molecule has 0 radical (unpaired) electrons. The third-order valence-electron chi connectivity index (χ3n) is 2.09. The molecule has 86 valence electrons. The number of aryl methyl sites for hydroxylation is 1. The van der Waals surface area contributed by atoms with Crippen molar-refractivity contribution in [2.45, 2.75) is 26.0 Å². The van der Waals surface area contributed by atoms with Crippen molar-refractivity contribution in [2.75, 3.05) is 0 Å². The zero-order valence-electron chi connectivity index (χ0n) is 8.67. The Morgan fingerprint density at radius 2 is 2.38 bits per heavy atom. The third kappa shape index (κ3) is 2.23. The summed E-state index contributed by atoms with van der Waals surface area (Å²) >= 11 is 7.03. The minimum Gasteiger partial charge on any atom is -0.379 e. The molecule has 2 heterocycles. The molecule has 1 N–H and O–H groups in total. The van der Waals surface area contributed by atoms with Crippen LogP contribution in [0.1, 0.15) is 30.2 Å². The molecule has 0 bridgehead atoms. The molecule has 0 aromatic carbocycles. The first-order chi connectivity index (χ1) is 7.72. The summed E-state index contributed by atoms with van der Waals surface area (Å²) in [4.78, 5) is 4.04. The lowest BCUT2D eigenvalue weighted by Gasteiger charge is -2.08. The number of halogens is 1. The highest BCUT2D eigenvalue weighted by Crippen LogP contribution is 2.27.